The molecule has 1 heterocycles. The predicted molar refractivity (Wildman–Crippen MR) is 95.6 cm³/mol. The van der Waals surface area contributed by atoms with E-state index in [4.69, 9.17) is 11.6 Å². The van der Waals surface area contributed by atoms with Gasteiger partial charge in [-0.05, 0) is 65.8 Å². The quantitative estimate of drug-likeness (QED) is 0.651. The highest BCUT2D eigenvalue weighted by atomic mass is 35.5. The molecule has 6 heteroatoms. The summed E-state index contributed by atoms with van der Waals surface area (Å²) < 4.78 is 27.6. The Kier molecular flexibility index (Phi) is 5.42. The van der Waals surface area contributed by atoms with Gasteiger partial charge in [0, 0.05) is 18.5 Å². The van der Waals surface area contributed by atoms with Crippen molar-refractivity contribution in [2.24, 2.45) is 0 Å². The molecule has 1 saturated carbocycles. The summed E-state index contributed by atoms with van der Waals surface area (Å²) in [5.74, 6) is 0.621. The Hall–Kier alpha value is -0.880. The molecule has 0 aliphatic heterocycles. The highest BCUT2D eigenvalue weighted by molar-refractivity contribution is 7.89. The van der Waals surface area contributed by atoms with E-state index in [1.807, 2.05) is 29.0 Å². The molecular formula is C17H20ClNO2S2. The van der Waals surface area contributed by atoms with Crippen LogP contribution in [0.5, 0.6) is 0 Å². The van der Waals surface area contributed by atoms with Crippen molar-refractivity contribution in [3.8, 4) is 0 Å². The number of rotatable bonds is 8. The Balaban J connectivity index is 1.80. The van der Waals surface area contributed by atoms with Crippen molar-refractivity contribution >= 4 is 33.0 Å². The molecule has 3 nitrogen and oxygen atoms in total. The molecular weight excluding hydrogens is 350 g/mol. The van der Waals surface area contributed by atoms with Gasteiger partial charge in [0.05, 0.1) is 4.90 Å². The largest absolute Gasteiger partial charge is 0.243 e. The number of thiophene rings is 1. The number of alkyl halides is 1. The predicted octanol–water partition coefficient (Wildman–Crippen LogP) is 4.27. The molecule has 0 unspecified atom stereocenters. The molecule has 0 N–H and O–H groups in total. The molecule has 0 atom stereocenters. The highest BCUT2D eigenvalue weighted by Crippen LogP contribution is 2.33. The van der Waals surface area contributed by atoms with Gasteiger partial charge >= 0.3 is 0 Å². The summed E-state index contributed by atoms with van der Waals surface area (Å²) >= 11 is 7.30. The second-order valence-corrected chi connectivity index (χ2v) is 8.90. The van der Waals surface area contributed by atoms with Gasteiger partial charge in [0.15, 0.2) is 0 Å². The molecule has 0 radical (unpaired) electrons. The summed E-state index contributed by atoms with van der Waals surface area (Å²) in [7, 11) is -3.44. The van der Waals surface area contributed by atoms with Crippen LogP contribution in [0.3, 0.4) is 0 Å². The van der Waals surface area contributed by atoms with Crippen molar-refractivity contribution in [2.75, 3.05) is 5.88 Å². The highest BCUT2D eigenvalue weighted by Gasteiger charge is 2.38. The maximum atomic E-state index is 13.0. The minimum atomic E-state index is -3.44. The molecule has 0 spiro atoms. The van der Waals surface area contributed by atoms with Crippen molar-refractivity contribution in [1.82, 2.24) is 4.31 Å². The lowest BCUT2D eigenvalue weighted by Crippen LogP contribution is -2.32. The van der Waals surface area contributed by atoms with Crippen molar-refractivity contribution < 1.29 is 8.42 Å². The van der Waals surface area contributed by atoms with Gasteiger partial charge in [0.1, 0.15) is 0 Å². The van der Waals surface area contributed by atoms with Crippen LogP contribution in [-0.4, -0.2) is 24.6 Å². The molecule has 1 aromatic heterocycles. The van der Waals surface area contributed by atoms with E-state index in [-0.39, 0.29) is 6.04 Å². The zero-order valence-corrected chi connectivity index (χ0v) is 15.2. The number of hydrogen-bond donors (Lipinski definition) is 0. The van der Waals surface area contributed by atoms with Gasteiger partial charge < -0.3 is 0 Å². The number of halogens is 1. The molecule has 3 rings (SSSR count). The maximum Gasteiger partial charge on any atom is 0.243 e. The average Bonchev–Trinajstić information content (AvgIpc) is 3.26. The molecule has 0 saturated heterocycles. The van der Waals surface area contributed by atoms with E-state index in [1.165, 1.54) is 0 Å². The van der Waals surface area contributed by atoms with Crippen LogP contribution in [0.15, 0.2) is 46.0 Å². The average molecular weight is 370 g/mol. The monoisotopic (exact) mass is 369 g/mol. The summed E-state index contributed by atoms with van der Waals surface area (Å²) in [6, 6.07) is 9.38. The van der Waals surface area contributed by atoms with Crippen molar-refractivity contribution in [3.63, 3.8) is 0 Å². The number of aryl methyl sites for hydroxylation is 1. The van der Waals surface area contributed by atoms with Gasteiger partial charge in [-0.3, -0.25) is 0 Å². The van der Waals surface area contributed by atoms with E-state index in [1.54, 1.807) is 27.8 Å². The summed E-state index contributed by atoms with van der Waals surface area (Å²) in [5.41, 5.74) is 2.18. The van der Waals surface area contributed by atoms with E-state index in [0.717, 1.165) is 36.8 Å². The second kappa shape index (κ2) is 7.34. The fourth-order valence-corrected chi connectivity index (χ4v) is 5.04. The molecule has 1 aromatic carbocycles. The summed E-state index contributed by atoms with van der Waals surface area (Å²) in [5, 5.41) is 4.00. The fraction of sp³-hybridized carbons (Fsp3) is 0.412. The Morgan fingerprint density at radius 2 is 1.87 bits per heavy atom. The van der Waals surface area contributed by atoms with E-state index in [2.05, 4.69) is 0 Å². The number of nitrogens with zero attached hydrogens (tertiary/aromatic N) is 1. The normalized spacial score (nSPS) is 15.2. The summed E-state index contributed by atoms with van der Waals surface area (Å²) in [4.78, 5) is 0.384. The first kappa shape index (κ1) is 17.0. The van der Waals surface area contributed by atoms with Crippen LogP contribution < -0.4 is 0 Å². The third kappa shape index (κ3) is 4.15. The van der Waals surface area contributed by atoms with Crippen LogP contribution >= 0.6 is 22.9 Å². The van der Waals surface area contributed by atoms with Crippen LogP contribution in [0.2, 0.25) is 0 Å². The van der Waals surface area contributed by atoms with Gasteiger partial charge in [-0.1, -0.05) is 12.1 Å². The van der Waals surface area contributed by atoms with E-state index in [0.29, 0.717) is 17.3 Å². The first-order valence-electron chi connectivity index (χ1n) is 7.79. The Labute approximate surface area is 147 Å². The van der Waals surface area contributed by atoms with Crippen LogP contribution in [0.25, 0.3) is 0 Å². The number of sulfonamides is 1. The van der Waals surface area contributed by atoms with Crippen LogP contribution in [0, 0.1) is 0 Å². The van der Waals surface area contributed by atoms with Crippen LogP contribution in [0.1, 0.15) is 30.4 Å². The van der Waals surface area contributed by atoms with E-state index >= 15 is 0 Å². The smallest absolute Gasteiger partial charge is 0.207 e. The first-order valence-corrected chi connectivity index (χ1v) is 10.7. The Morgan fingerprint density at radius 1 is 1.13 bits per heavy atom. The van der Waals surface area contributed by atoms with Gasteiger partial charge in [0.25, 0.3) is 0 Å². The van der Waals surface area contributed by atoms with Crippen molar-refractivity contribution in [3.05, 3.63) is 52.2 Å². The first-order chi connectivity index (χ1) is 11.1. The number of hydrogen-bond acceptors (Lipinski definition) is 3. The Morgan fingerprint density at radius 3 is 2.43 bits per heavy atom. The van der Waals surface area contributed by atoms with Crippen LogP contribution in [-0.2, 0) is 23.0 Å². The van der Waals surface area contributed by atoms with Gasteiger partial charge in [-0.25, -0.2) is 8.42 Å². The summed E-state index contributed by atoms with van der Waals surface area (Å²) in [6.07, 6.45) is 3.69. The van der Waals surface area contributed by atoms with Gasteiger partial charge in [-0.2, -0.15) is 15.6 Å². The molecule has 23 heavy (non-hydrogen) atoms. The molecule has 1 fully saturated rings. The molecule has 2 aromatic rings. The zero-order chi connectivity index (χ0) is 16.3. The molecule has 0 bridgehead atoms. The SMILES string of the molecule is O=S(=O)(c1ccc(CCCCl)cc1)N(Cc1ccsc1)C1CC1. The van der Waals surface area contributed by atoms with Gasteiger partial charge in [-0.15, -0.1) is 11.6 Å². The molecule has 124 valence electrons. The standard InChI is InChI=1S/C17H20ClNO2S2/c18-10-1-2-14-3-7-17(8-4-14)23(20,21)19(16-5-6-16)12-15-9-11-22-13-15/h3-4,7-9,11,13,16H,1-2,5-6,10,12H2. The lowest BCUT2D eigenvalue weighted by Gasteiger charge is -2.21. The zero-order valence-electron chi connectivity index (χ0n) is 12.8. The second-order valence-electron chi connectivity index (χ2n) is 5.85. The van der Waals surface area contributed by atoms with Crippen molar-refractivity contribution in [2.45, 2.75) is 43.2 Å². The maximum absolute atomic E-state index is 13.0. The molecule has 1 aliphatic rings. The van der Waals surface area contributed by atoms with E-state index < -0.39 is 10.0 Å². The Bertz CT molecular complexity index is 722. The van der Waals surface area contributed by atoms with Gasteiger partial charge in [0.2, 0.25) is 10.0 Å². The fourth-order valence-electron chi connectivity index (χ4n) is 2.57. The minimum absolute atomic E-state index is 0.149. The third-order valence-electron chi connectivity index (χ3n) is 4.00. The molecule has 1 aliphatic carbocycles. The van der Waals surface area contributed by atoms with E-state index in [9.17, 15) is 8.42 Å². The topological polar surface area (TPSA) is 37.4 Å². The van der Waals surface area contributed by atoms with Crippen molar-refractivity contribution in [1.29, 1.82) is 0 Å². The summed E-state index contributed by atoms with van der Waals surface area (Å²) in [6.45, 7) is 0.463. The lowest BCUT2D eigenvalue weighted by molar-refractivity contribution is 0.399. The third-order valence-corrected chi connectivity index (χ3v) is 6.91. The minimum Gasteiger partial charge on any atom is -0.207 e. The molecule has 0 amide bonds. The number of benzene rings is 1. The lowest BCUT2D eigenvalue weighted by atomic mass is 10.1. The van der Waals surface area contributed by atoms with Crippen LogP contribution in [0.4, 0.5) is 0 Å².